The van der Waals surface area contributed by atoms with Crippen LogP contribution in [0.4, 0.5) is 0 Å². The van der Waals surface area contributed by atoms with Crippen LogP contribution in [0.25, 0.3) is 22.6 Å². The summed E-state index contributed by atoms with van der Waals surface area (Å²) >= 11 is 0. The first-order valence-corrected chi connectivity index (χ1v) is 7.37. The van der Waals surface area contributed by atoms with E-state index in [1.165, 1.54) is 13.0 Å². The number of furan rings is 1. The van der Waals surface area contributed by atoms with Gasteiger partial charge in [-0.15, -0.1) is 0 Å². The lowest BCUT2D eigenvalue weighted by Gasteiger charge is -1.90. The summed E-state index contributed by atoms with van der Waals surface area (Å²) in [5.74, 6) is 1.14. The van der Waals surface area contributed by atoms with E-state index in [1.807, 2.05) is 35.9 Å². The maximum atomic E-state index is 11.2. The number of aryl methyl sites for hydroxylation is 2. The zero-order valence-electron chi connectivity index (χ0n) is 10.9. The number of benzene rings is 1. The Bertz CT molecular complexity index is 906. The molecule has 3 rings (SSSR count). The van der Waals surface area contributed by atoms with Crippen LogP contribution in [0.1, 0.15) is 5.76 Å². The van der Waals surface area contributed by atoms with E-state index in [4.69, 9.17) is 8.97 Å². The Morgan fingerprint density at radius 2 is 2.00 bits per heavy atom. The summed E-state index contributed by atoms with van der Waals surface area (Å²) in [6, 6.07) is 8.99. The number of imidazole rings is 1. The zero-order valence-corrected chi connectivity index (χ0v) is 11.7. The molecule has 0 spiro atoms. The predicted octanol–water partition coefficient (Wildman–Crippen LogP) is 1.81. The van der Waals surface area contributed by atoms with Gasteiger partial charge in [0.2, 0.25) is 5.76 Å². The highest BCUT2D eigenvalue weighted by atomic mass is 32.2. The monoisotopic (exact) mass is 293 g/mol. The highest BCUT2D eigenvalue weighted by Crippen LogP contribution is 2.26. The van der Waals surface area contributed by atoms with Crippen LogP contribution < -0.4 is 4.57 Å². The molecular weight excluding hydrogens is 280 g/mol. The lowest BCUT2D eigenvalue weighted by molar-refractivity contribution is -0.633. The summed E-state index contributed by atoms with van der Waals surface area (Å²) in [6.07, 6.45) is 0. The van der Waals surface area contributed by atoms with Gasteiger partial charge in [-0.1, -0.05) is 12.1 Å². The second-order valence-corrected chi connectivity index (χ2v) is 5.95. The van der Waals surface area contributed by atoms with E-state index in [0.29, 0.717) is 11.6 Å². The molecule has 6 nitrogen and oxygen atoms in total. The van der Waals surface area contributed by atoms with Gasteiger partial charge < -0.3 is 4.42 Å². The third-order valence-electron chi connectivity index (χ3n) is 3.24. The third kappa shape index (κ3) is 1.91. The predicted molar refractivity (Wildman–Crippen MR) is 71.7 cm³/mol. The van der Waals surface area contributed by atoms with Crippen LogP contribution in [0.15, 0.2) is 39.6 Å². The molecule has 0 atom stereocenters. The van der Waals surface area contributed by atoms with Crippen LogP contribution in [-0.4, -0.2) is 18.0 Å². The Morgan fingerprint density at radius 1 is 1.30 bits per heavy atom. The molecule has 0 aliphatic heterocycles. The molecule has 3 aromatic rings. The van der Waals surface area contributed by atoms with E-state index < -0.39 is 10.1 Å². The summed E-state index contributed by atoms with van der Waals surface area (Å²) in [4.78, 5) is 2.95. The molecule has 0 radical (unpaired) electrons. The smallest absolute Gasteiger partial charge is 0.323 e. The Kier molecular flexibility index (Phi) is 2.70. The van der Waals surface area contributed by atoms with Gasteiger partial charge in [0.25, 0.3) is 10.1 Å². The van der Waals surface area contributed by atoms with Gasteiger partial charge in [0, 0.05) is 6.07 Å². The van der Waals surface area contributed by atoms with Crippen LogP contribution in [0.3, 0.4) is 0 Å². The summed E-state index contributed by atoms with van der Waals surface area (Å²) in [5.41, 5.74) is 1.87. The second kappa shape index (κ2) is 4.19. The fourth-order valence-corrected chi connectivity index (χ4v) is 2.93. The van der Waals surface area contributed by atoms with E-state index in [-0.39, 0.29) is 10.7 Å². The van der Waals surface area contributed by atoms with E-state index in [2.05, 4.69) is 4.98 Å². The molecule has 0 unspecified atom stereocenters. The molecule has 104 valence electrons. The van der Waals surface area contributed by atoms with Gasteiger partial charge in [-0.25, -0.2) is 9.55 Å². The van der Waals surface area contributed by atoms with Crippen molar-refractivity contribution in [3.8, 4) is 11.6 Å². The van der Waals surface area contributed by atoms with Gasteiger partial charge in [0.15, 0.2) is 11.0 Å². The van der Waals surface area contributed by atoms with E-state index in [1.54, 1.807) is 0 Å². The standard InChI is InChI=1S/C13H12N2O4S/c1-8-12(20(16,17)18)7-11(19-8)13-14-9-5-3-4-6-10(9)15(13)2/h3-7H,1-2H3,(H,16,17,18)/p+1. The molecule has 0 saturated heterocycles. The molecule has 7 heteroatoms. The number of H-pyrrole nitrogens is 1. The fraction of sp³-hybridized carbons (Fsp3) is 0.154. The molecule has 2 N–H and O–H groups in total. The highest BCUT2D eigenvalue weighted by Gasteiger charge is 2.25. The number of rotatable bonds is 2. The van der Waals surface area contributed by atoms with Crippen LogP contribution in [0, 0.1) is 6.92 Å². The number of aromatic nitrogens is 2. The average molecular weight is 293 g/mol. The van der Waals surface area contributed by atoms with Crippen LogP contribution in [-0.2, 0) is 17.2 Å². The Labute approximate surface area is 115 Å². The second-order valence-electron chi connectivity index (χ2n) is 4.56. The molecule has 2 aromatic heterocycles. The SMILES string of the molecule is Cc1oc(-c2[nH]c3ccccc3[n+]2C)cc1S(=O)(=O)O. The van der Waals surface area contributed by atoms with Crippen molar-refractivity contribution in [1.82, 2.24) is 4.98 Å². The van der Waals surface area contributed by atoms with Gasteiger partial charge >= 0.3 is 5.82 Å². The Hall–Kier alpha value is -2.12. The molecule has 0 aliphatic carbocycles. The van der Waals surface area contributed by atoms with Gasteiger partial charge in [0.1, 0.15) is 10.7 Å². The van der Waals surface area contributed by atoms with Crippen molar-refractivity contribution >= 4 is 21.2 Å². The minimum Gasteiger partial charge on any atom is -0.452 e. The Morgan fingerprint density at radius 3 is 2.60 bits per heavy atom. The molecule has 0 fully saturated rings. The summed E-state index contributed by atoms with van der Waals surface area (Å²) in [6.45, 7) is 1.50. The number of nitrogens with one attached hydrogen (secondary N) is 1. The molecule has 1 aromatic carbocycles. The minimum atomic E-state index is -4.28. The maximum absolute atomic E-state index is 11.2. The van der Waals surface area contributed by atoms with Crippen LogP contribution in [0.5, 0.6) is 0 Å². The molecule has 20 heavy (non-hydrogen) atoms. The molecule has 0 saturated carbocycles. The van der Waals surface area contributed by atoms with Crippen LogP contribution in [0.2, 0.25) is 0 Å². The minimum absolute atomic E-state index is 0.154. The maximum Gasteiger partial charge on any atom is 0.323 e. The largest absolute Gasteiger partial charge is 0.452 e. The number of aromatic amines is 1. The van der Waals surface area contributed by atoms with Crippen molar-refractivity contribution in [2.24, 2.45) is 7.05 Å². The van der Waals surface area contributed by atoms with Crippen molar-refractivity contribution in [3.05, 3.63) is 36.1 Å². The number of fused-ring (bicyclic) bond motifs is 1. The summed E-state index contributed by atoms with van der Waals surface area (Å²) < 4.78 is 38.9. The molecule has 0 bridgehead atoms. The Balaban J connectivity index is 2.24. The highest BCUT2D eigenvalue weighted by molar-refractivity contribution is 7.85. The lowest BCUT2D eigenvalue weighted by Crippen LogP contribution is -2.28. The molecule has 2 heterocycles. The summed E-state index contributed by atoms with van der Waals surface area (Å²) in [5, 5.41) is 0. The topological polar surface area (TPSA) is 87.2 Å². The first-order valence-electron chi connectivity index (χ1n) is 5.93. The molecule has 0 amide bonds. The van der Waals surface area contributed by atoms with Crippen molar-refractivity contribution in [2.45, 2.75) is 11.8 Å². The number of hydrogen-bond acceptors (Lipinski definition) is 3. The summed E-state index contributed by atoms with van der Waals surface area (Å²) in [7, 11) is -2.43. The third-order valence-corrected chi connectivity index (χ3v) is 4.20. The van der Waals surface area contributed by atoms with Gasteiger partial charge in [0.05, 0.1) is 7.05 Å². The van der Waals surface area contributed by atoms with Crippen molar-refractivity contribution in [1.29, 1.82) is 0 Å². The van der Waals surface area contributed by atoms with Gasteiger partial charge in [-0.2, -0.15) is 8.42 Å². The number of hydrogen-bond donors (Lipinski definition) is 2. The van der Waals surface area contributed by atoms with Gasteiger partial charge in [-0.05, 0) is 19.1 Å². The van der Waals surface area contributed by atoms with Crippen molar-refractivity contribution < 1.29 is 22.0 Å². The van der Waals surface area contributed by atoms with E-state index in [0.717, 1.165) is 11.0 Å². The lowest BCUT2D eigenvalue weighted by atomic mass is 10.3. The first kappa shape index (κ1) is 12.9. The molecule has 0 aliphatic rings. The van der Waals surface area contributed by atoms with Crippen molar-refractivity contribution in [2.75, 3.05) is 0 Å². The van der Waals surface area contributed by atoms with Gasteiger partial charge in [-0.3, -0.25) is 4.55 Å². The van der Waals surface area contributed by atoms with E-state index >= 15 is 0 Å². The quantitative estimate of drug-likeness (QED) is 0.557. The molecular formula is C13H13N2O4S+. The number of nitrogens with zero attached hydrogens (tertiary/aromatic N) is 1. The average Bonchev–Trinajstić information content (AvgIpc) is 2.91. The normalized spacial score (nSPS) is 12.2. The number of para-hydroxylation sites is 2. The van der Waals surface area contributed by atoms with Crippen molar-refractivity contribution in [3.63, 3.8) is 0 Å². The first-order chi connectivity index (χ1) is 9.38. The zero-order chi connectivity index (χ0) is 14.5. The van der Waals surface area contributed by atoms with E-state index in [9.17, 15) is 8.42 Å². The van der Waals surface area contributed by atoms with Crippen LogP contribution >= 0.6 is 0 Å². The fourth-order valence-electron chi connectivity index (χ4n) is 2.27.